The Morgan fingerprint density at radius 1 is 1.00 bits per heavy atom. The fourth-order valence-corrected chi connectivity index (χ4v) is 4.52. The highest BCUT2D eigenvalue weighted by atomic mass is 19.1. The summed E-state index contributed by atoms with van der Waals surface area (Å²) in [6, 6.07) is 12.3. The van der Waals surface area contributed by atoms with Crippen molar-refractivity contribution in [2.24, 2.45) is 5.92 Å². The smallest absolute Gasteiger partial charge is 0.181 e. The van der Waals surface area contributed by atoms with Crippen LogP contribution in [0.1, 0.15) is 12.8 Å². The van der Waals surface area contributed by atoms with Crippen LogP contribution in [0.25, 0.3) is 56.0 Å². The highest BCUT2D eigenvalue weighted by Crippen LogP contribution is 2.36. The molecule has 9 heteroatoms. The minimum absolute atomic E-state index is 0.323. The molecule has 1 fully saturated rings. The Morgan fingerprint density at radius 2 is 1.89 bits per heavy atom. The monoisotopic (exact) mass is 488 g/mol. The molecule has 0 spiro atoms. The summed E-state index contributed by atoms with van der Waals surface area (Å²) in [7, 11) is 0. The zero-order valence-corrected chi connectivity index (χ0v) is 19.7. The SMILES string of the molecule is C=C(Nc1cncc(-c2cnc3n[nH]c(-c4nc5c(-c6cccc(F)c6)nccc5[nH]4)c3c2)c1)C1CC1. The molecular formula is C28H21FN8. The van der Waals surface area contributed by atoms with E-state index in [1.165, 1.54) is 25.0 Å². The zero-order chi connectivity index (χ0) is 24.9. The molecule has 1 aliphatic carbocycles. The third-order valence-corrected chi connectivity index (χ3v) is 6.59. The lowest BCUT2D eigenvalue weighted by atomic mass is 10.1. The number of pyridine rings is 3. The second-order valence-electron chi connectivity index (χ2n) is 9.23. The summed E-state index contributed by atoms with van der Waals surface area (Å²) in [5.74, 6) is 0.822. The first-order chi connectivity index (χ1) is 18.1. The normalized spacial score (nSPS) is 13.3. The molecular weight excluding hydrogens is 467 g/mol. The maximum absolute atomic E-state index is 13.9. The predicted molar refractivity (Wildman–Crippen MR) is 141 cm³/mol. The molecule has 0 bridgehead atoms. The molecule has 1 aliphatic rings. The number of imidazole rings is 1. The van der Waals surface area contributed by atoms with Crippen LogP contribution >= 0.6 is 0 Å². The van der Waals surface area contributed by atoms with Crippen LogP contribution in [0.5, 0.6) is 0 Å². The van der Waals surface area contributed by atoms with E-state index in [1.54, 1.807) is 24.7 Å². The molecule has 5 aromatic heterocycles. The van der Waals surface area contributed by atoms with E-state index in [9.17, 15) is 4.39 Å². The Hall–Kier alpha value is -4.92. The Balaban J connectivity index is 1.28. The molecule has 0 radical (unpaired) electrons. The number of allylic oxidation sites excluding steroid dienone is 1. The molecule has 0 aliphatic heterocycles. The van der Waals surface area contributed by atoms with E-state index in [0.717, 1.165) is 33.4 Å². The van der Waals surface area contributed by atoms with Crippen LogP contribution in [-0.4, -0.2) is 35.1 Å². The molecule has 0 atom stereocenters. The molecule has 1 aromatic carbocycles. The number of benzene rings is 1. The van der Waals surface area contributed by atoms with Gasteiger partial charge in [0.05, 0.1) is 28.5 Å². The van der Waals surface area contributed by atoms with Gasteiger partial charge in [0, 0.05) is 41.0 Å². The Bertz CT molecular complexity index is 1810. The molecule has 1 saturated carbocycles. The zero-order valence-electron chi connectivity index (χ0n) is 19.7. The van der Waals surface area contributed by atoms with Crippen molar-refractivity contribution in [2.45, 2.75) is 12.8 Å². The average Bonchev–Trinajstić information content (AvgIpc) is 3.55. The van der Waals surface area contributed by atoms with Crippen molar-refractivity contribution in [3.63, 3.8) is 0 Å². The molecule has 6 aromatic rings. The van der Waals surface area contributed by atoms with Gasteiger partial charge in [0.2, 0.25) is 0 Å². The quantitative estimate of drug-likeness (QED) is 0.261. The van der Waals surface area contributed by atoms with Gasteiger partial charge < -0.3 is 10.3 Å². The van der Waals surface area contributed by atoms with Crippen molar-refractivity contribution in [3.05, 3.63) is 85.3 Å². The van der Waals surface area contributed by atoms with Gasteiger partial charge in [0.15, 0.2) is 11.5 Å². The first kappa shape index (κ1) is 21.4. The lowest BCUT2D eigenvalue weighted by Gasteiger charge is -2.09. The van der Waals surface area contributed by atoms with E-state index in [4.69, 9.17) is 4.98 Å². The fraction of sp³-hybridized carbons (Fsp3) is 0.107. The molecule has 0 unspecified atom stereocenters. The third kappa shape index (κ3) is 3.90. The Kier molecular flexibility index (Phi) is 4.81. The highest BCUT2D eigenvalue weighted by Gasteiger charge is 2.24. The van der Waals surface area contributed by atoms with E-state index in [0.29, 0.717) is 39.9 Å². The highest BCUT2D eigenvalue weighted by molar-refractivity contribution is 5.96. The minimum atomic E-state index is -0.323. The van der Waals surface area contributed by atoms with Gasteiger partial charge in [-0.1, -0.05) is 18.7 Å². The van der Waals surface area contributed by atoms with Crippen molar-refractivity contribution < 1.29 is 4.39 Å². The second-order valence-corrected chi connectivity index (χ2v) is 9.23. The molecule has 180 valence electrons. The van der Waals surface area contributed by atoms with Gasteiger partial charge in [-0.3, -0.25) is 15.1 Å². The summed E-state index contributed by atoms with van der Waals surface area (Å²) in [6.45, 7) is 4.14. The number of nitrogens with zero attached hydrogens (tertiary/aromatic N) is 5. The predicted octanol–water partition coefficient (Wildman–Crippen LogP) is 6.10. The van der Waals surface area contributed by atoms with Gasteiger partial charge in [-0.15, -0.1) is 0 Å². The lowest BCUT2D eigenvalue weighted by Crippen LogP contribution is -2.00. The van der Waals surface area contributed by atoms with Crippen molar-refractivity contribution in [1.29, 1.82) is 0 Å². The number of H-pyrrole nitrogens is 2. The Labute approximate surface area is 210 Å². The van der Waals surface area contributed by atoms with Gasteiger partial charge in [-0.25, -0.2) is 14.4 Å². The number of fused-ring (bicyclic) bond motifs is 2. The number of nitrogens with one attached hydrogen (secondary N) is 3. The van der Waals surface area contributed by atoms with Crippen molar-refractivity contribution >= 4 is 27.8 Å². The second kappa shape index (κ2) is 8.34. The maximum Gasteiger partial charge on any atom is 0.181 e. The number of aromatic nitrogens is 7. The number of hydrogen-bond donors (Lipinski definition) is 3. The van der Waals surface area contributed by atoms with E-state index in [-0.39, 0.29) is 5.82 Å². The van der Waals surface area contributed by atoms with Gasteiger partial charge in [0.25, 0.3) is 0 Å². The van der Waals surface area contributed by atoms with Crippen molar-refractivity contribution in [2.75, 3.05) is 5.32 Å². The van der Waals surface area contributed by atoms with E-state index >= 15 is 0 Å². The van der Waals surface area contributed by atoms with Crippen molar-refractivity contribution in [3.8, 4) is 33.9 Å². The van der Waals surface area contributed by atoms with E-state index in [2.05, 4.69) is 42.0 Å². The molecule has 37 heavy (non-hydrogen) atoms. The van der Waals surface area contributed by atoms with E-state index in [1.807, 2.05) is 30.5 Å². The maximum atomic E-state index is 13.9. The molecule has 8 nitrogen and oxygen atoms in total. The van der Waals surface area contributed by atoms with Gasteiger partial charge >= 0.3 is 0 Å². The van der Waals surface area contributed by atoms with Crippen LogP contribution in [0.4, 0.5) is 10.1 Å². The van der Waals surface area contributed by atoms with Crippen LogP contribution in [0, 0.1) is 11.7 Å². The van der Waals surface area contributed by atoms with Crippen LogP contribution < -0.4 is 5.32 Å². The summed E-state index contributed by atoms with van der Waals surface area (Å²) in [6.07, 6.45) is 9.45. The van der Waals surface area contributed by atoms with Crippen LogP contribution in [0.2, 0.25) is 0 Å². The minimum Gasteiger partial charge on any atom is -0.358 e. The Morgan fingerprint density at radius 3 is 2.76 bits per heavy atom. The first-order valence-electron chi connectivity index (χ1n) is 12.0. The summed E-state index contributed by atoms with van der Waals surface area (Å²) >= 11 is 0. The van der Waals surface area contributed by atoms with Gasteiger partial charge in [0.1, 0.15) is 17.0 Å². The molecule has 3 N–H and O–H groups in total. The number of hydrogen-bond acceptors (Lipinski definition) is 6. The molecule has 0 saturated heterocycles. The van der Waals surface area contributed by atoms with E-state index < -0.39 is 0 Å². The van der Waals surface area contributed by atoms with Crippen molar-refractivity contribution in [1.82, 2.24) is 35.1 Å². The van der Waals surface area contributed by atoms with Crippen LogP contribution in [0.15, 0.2) is 79.5 Å². The summed E-state index contributed by atoms with van der Waals surface area (Å²) in [5, 5.41) is 11.6. The first-order valence-corrected chi connectivity index (χ1v) is 12.0. The standard InChI is InChI=1S/C28H21FN8/c1-15(16-5-6-16)33-21-10-18(12-30-14-21)19-11-22-25(36-37-27(22)32-13-19)28-34-23-7-8-31-24(26(23)35-28)17-3-2-4-20(29)9-17/h2-4,7-14,16,33H,1,5-6H2,(H,34,35)(H,32,36,37). The summed E-state index contributed by atoms with van der Waals surface area (Å²) in [5.41, 5.74) is 7.74. The van der Waals surface area contributed by atoms with Gasteiger partial charge in [-0.05, 0) is 49.1 Å². The molecule has 0 amide bonds. The van der Waals surface area contributed by atoms with Crippen LogP contribution in [-0.2, 0) is 0 Å². The third-order valence-electron chi connectivity index (χ3n) is 6.59. The summed E-state index contributed by atoms with van der Waals surface area (Å²) in [4.78, 5) is 21.6. The lowest BCUT2D eigenvalue weighted by molar-refractivity contribution is 0.628. The fourth-order valence-electron chi connectivity index (χ4n) is 4.52. The topological polar surface area (TPSA) is 108 Å². The largest absolute Gasteiger partial charge is 0.358 e. The van der Waals surface area contributed by atoms with Gasteiger partial charge in [-0.2, -0.15) is 5.10 Å². The molecule has 5 heterocycles. The summed E-state index contributed by atoms with van der Waals surface area (Å²) < 4.78 is 13.9. The average molecular weight is 489 g/mol. The number of anilines is 1. The number of aromatic amines is 2. The number of halogens is 1. The van der Waals surface area contributed by atoms with Crippen LogP contribution in [0.3, 0.4) is 0 Å². The number of rotatable bonds is 6. The molecule has 7 rings (SSSR count).